The van der Waals surface area contributed by atoms with Gasteiger partial charge >= 0.3 is 0 Å². The number of hydrogen-bond acceptors (Lipinski definition) is 4. The number of nitrogens with zero attached hydrogens (tertiary/aromatic N) is 4. The Hall–Kier alpha value is -1.92. The van der Waals surface area contributed by atoms with Crippen molar-refractivity contribution in [3.63, 3.8) is 0 Å². The molecule has 0 radical (unpaired) electrons. The average molecular weight is 308 g/mol. The van der Waals surface area contributed by atoms with Gasteiger partial charge in [-0.2, -0.15) is 5.10 Å². The van der Waals surface area contributed by atoms with Crippen LogP contribution in [0.1, 0.15) is 17.4 Å². The van der Waals surface area contributed by atoms with E-state index >= 15 is 0 Å². The van der Waals surface area contributed by atoms with Gasteiger partial charge in [-0.05, 0) is 31.8 Å². The van der Waals surface area contributed by atoms with Gasteiger partial charge < -0.3 is 4.90 Å². The van der Waals surface area contributed by atoms with Gasteiger partial charge in [-0.25, -0.2) is 4.98 Å². The van der Waals surface area contributed by atoms with Crippen molar-refractivity contribution >= 4 is 17.5 Å². The van der Waals surface area contributed by atoms with Crippen LogP contribution in [-0.4, -0.2) is 52.0 Å². The Balaban J connectivity index is 2.17. The van der Waals surface area contributed by atoms with Crippen molar-refractivity contribution in [3.8, 4) is 0 Å². The Kier molecular flexibility index (Phi) is 4.93. The van der Waals surface area contributed by atoms with Gasteiger partial charge in [0.1, 0.15) is 18.2 Å². The summed E-state index contributed by atoms with van der Waals surface area (Å²) in [5.74, 6) is 0.637. The van der Waals surface area contributed by atoms with Crippen LogP contribution in [0.25, 0.3) is 0 Å². The number of amides is 1. The molecule has 1 atom stereocenters. The minimum Gasteiger partial charge on any atom is -0.337 e. The molecule has 0 aliphatic carbocycles. The lowest BCUT2D eigenvalue weighted by molar-refractivity contribution is -0.135. The van der Waals surface area contributed by atoms with Crippen LogP contribution in [0.15, 0.2) is 30.6 Å². The van der Waals surface area contributed by atoms with Gasteiger partial charge in [0.25, 0.3) is 0 Å². The fourth-order valence-corrected chi connectivity index (χ4v) is 2.25. The quantitative estimate of drug-likeness (QED) is 0.913. The van der Waals surface area contributed by atoms with E-state index in [2.05, 4.69) is 15.2 Å². The Morgan fingerprint density at radius 3 is 2.48 bits per heavy atom. The molecule has 2 aromatic rings. The molecule has 1 amide bonds. The first-order chi connectivity index (χ1) is 9.99. The molecule has 2 rings (SSSR count). The van der Waals surface area contributed by atoms with Gasteiger partial charge in [-0.3, -0.25) is 14.8 Å². The van der Waals surface area contributed by atoms with Crippen LogP contribution in [-0.2, 0) is 11.3 Å². The molecule has 21 heavy (non-hydrogen) atoms. The summed E-state index contributed by atoms with van der Waals surface area (Å²) >= 11 is 5.90. The number of hydrogen-bond donors (Lipinski definition) is 1. The standard InChI is InChI=1S/C14H18ClN5O/c1-19(2)13(10-4-6-11(15)7-5-10)14(21)20(3)8-12-16-9-17-18-12/h4-7,9,13H,8H2,1-3H3,(H,16,17,18). The fourth-order valence-electron chi connectivity index (χ4n) is 2.12. The zero-order valence-electron chi connectivity index (χ0n) is 12.2. The Morgan fingerprint density at radius 2 is 1.95 bits per heavy atom. The number of aromatic amines is 1. The first-order valence-electron chi connectivity index (χ1n) is 6.50. The highest BCUT2D eigenvalue weighted by atomic mass is 35.5. The number of likely N-dealkylation sites (N-methyl/N-ethyl adjacent to an activating group) is 2. The summed E-state index contributed by atoms with van der Waals surface area (Å²) in [7, 11) is 5.50. The Labute approximate surface area is 128 Å². The molecule has 7 heteroatoms. The summed E-state index contributed by atoms with van der Waals surface area (Å²) in [4.78, 5) is 20.2. The van der Waals surface area contributed by atoms with Gasteiger partial charge in [-0.15, -0.1) is 0 Å². The minimum atomic E-state index is -0.366. The average Bonchev–Trinajstić information content (AvgIpc) is 2.93. The van der Waals surface area contributed by atoms with Gasteiger partial charge in [0.05, 0.1) is 6.54 Å². The van der Waals surface area contributed by atoms with Crippen molar-refractivity contribution in [2.75, 3.05) is 21.1 Å². The largest absolute Gasteiger partial charge is 0.337 e. The van der Waals surface area contributed by atoms with Crippen LogP contribution < -0.4 is 0 Å². The molecule has 1 aromatic carbocycles. The van der Waals surface area contributed by atoms with E-state index in [-0.39, 0.29) is 11.9 Å². The number of carbonyl (C=O) groups excluding carboxylic acids is 1. The maximum Gasteiger partial charge on any atom is 0.244 e. The van der Waals surface area contributed by atoms with Crippen molar-refractivity contribution in [3.05, 3.63) is 47.0 Å². The van der Waals surface area contributed by atoms with Crippen molar-refractivity contribution in [1.29, 1.82) is 0 Å². The van der Waals surface area contributed by atoms with Crippen molar-refractivity contribution in [1.82, 2.24) is 25.0 Å². The lowest BCUT2D eigenvalue weighted by atomic mass is 10.0. The predicted octanol–water partition coefficient (Wildman–Crippen LogP) is 1.72. The SMILES string of the molecule is CN(Cc1ncn[nH]1)C(=O)C(c1ccc(Cl)cc1)N(C)C. The molecular weight excluding hydrogens is 290 g/mol. The van der Waals surface area contributed by atoms with Crippen molar-refractivity contribution in [2.24, 2.45) is 0 Å². The molecule has 112 valence electrons. The van der Waals surface area contributed by atoms with E-state index in [0.717, 1.165) is 5.56 Å². The van der Waals surface area contributed by atoms with Crippen LogP contribution >= 0.6 is 11.6 Å². The first kappa shape index (κ1) is 15.5. The van der Waals surface area contributed by atoms with Crippen LogP contribution in [0, 0.1) is 0 Å². The van der Waals surface area contributed by atoms with Gasteiger partial charge in [0.2, 0.25) is 5.91 Å². The van der Waals surface area contributed by atoms with E-state index in [9.17, 15) is 4.79 Å². The molecule has 6 nitrogen and oxygen atoms in total. The van der Waals surface area contributed by atoms with Crippen molar-refractivity contribution < 1.29 is 4.79 Å². The maximum absolute atomic E-state index is 12.7. The van der Waals surface area contributed by atoms with E-state index in [1.807, 2.05) is 31.1 Å². The number of halogens is 1. The van der Waals surface area contributed by atoms with E-state index in [1.54, 1.807) is 24.1 Å². The molecule has 0 spiro atoms. The lowest BCUT2D eigenvalue weighted by Gasteiger charge is -2.28. The topological polar surface area (TPSA) is 65.1 Å². The summed E-state index contributed by atoms with van der Waals surface area (Å²) in [6.07, 6.45) is 1.43. The molecule has 0 aliphatic rings. The van der Waals surface area contributed by atoms with Gasteiger partial charge in [0.15, 0.2) is 0 Å². The summed E-state index contributed by atoms with van der Waals surface area (Å²) in [6.45, 7) is 0.386. The molecule has 0 bridgehead atoms. The molecular formula is C14H18ClN5O. The smallest absolute Gasteiger partial charge is 0.244 e. The zero-order chi connectivity index (χ0) is 15.4. The van der Waals surface area contributed by atoms with E-state index in [4.69, 9.17) is 11.6 Å². The monoisotopic (exact) mass is 307 g/mol. The van der Waals surface area contributed by atoms with Crippen molar-refractivity contribution in [2.45, 2.75) is 12.6 Å². The number of rotatable bonds is 5. The maximum atomic E-state index is 12.7. The second-order valence-corrected chi connectivity index (χ2v) is 5.48. The molecule has 0 fully saturated rings. The van der Waals surface area contributed by atoms with E-state index in [0.29, 0.717) is 17.4 Å². The highest BCUT2D eigenvalue weighted by molar-refractivity contribution is 6.30. The highest BCUT2D eigenvalue weighted by Gasteiger charge is 2.26. The second-order valence-electron chi connectivity index (χ2n) is 5.04. The number of benzene rings is 1. The minimum absolute atomic E-state index is 0.0151. The second kappa shape index (κ2) is 6.69. The summed E-state index contributed by atoms with van der Waals surface area (Å²) in [6, 6.07) is 6.95. The fraction of sp³-hybridized carbons (Fsp3) is 0.357. The summed E-state index contributed by atoms with van der Waals surface area (Å²) in [5.41, 5.74) is 0.902. The number of nitrogens with one attached hydrogen (secondary N) is 1. The zero-order valence-corrected chi connectivity index (χ0v) is 13.0. The number of H-pyrrole nitrogens is 1. The molecule has 0 aliphatic heterocycles. The van der Waals surface area contributed by atoms with Crippen LogP contribution in [0.2, 0.25) is 5.02 Å². The van der Waals surface area contributed by atoms with Gasteiger partial charge in [-0.1, -0.05) is 23.7 Å². The van der Waals surface area contributed by atoms with Crippen LogP contribution in [0.5, 0.6) is 0 Å². The van der Waals surface area contributed by atoms with E-state index in [1.165, 1.54) is 6.33 Å². The Morgan fingerprint density at radius 1 is 1.29 bits per heavy atom. The third-order valence-electron chi connectivity index (χ3n) is 3.16. The predicted molar refractivity (Wildman–Crippen MR) is 80.7 cm³/mol. The first-order valence-corrected chi connectivity index (χ1v) is 6.88. The molecule has 1 unspecified atom stereocenters. The molecule has 0 saturated heterocycles. The Bertz CT molecular complexity index is 582. The molecule has 1 heterocycles. The van der Waals surface area contributed by atoms with Crippen LogP contribution in [0.4, 0.5) is 0 Å². The third kappa shape index (κ3) is 3.80. The number of carbonyl (C=O) groups is 1. The summed E-state index contributed by atoms with van der Waals surface area (Å²) in [5, 5.41) is 7.19. The molecule has 1 N–H and O–H groups in total. The third-order valence-corrected chi connectivity index (χ3v) is 3.42. The normalized spacial score (nSPS) is 12.4. The number of aromatic nitrogens is 3. The lowest BCUT2D eigenvalue weighted by Crippen LogP contribution is -2.38. The van der Waals surface area contributed by atoms with E-state index < -0.39 is 0 Å². The highest BCUT2D eigenvalue weighted by Crippen LogP contribution is 2.22. The molecule has 0 saturated carbocycles. The van der Waals surface area contributed by atoms with Gasteiger partial charge in [0, 0.05) is 12.1 Å². The summed E-state index contributed by atoms with van der Waals surface area (Å²) < 4.78 is 0. The molecule has 1 aromatic heterocycles. The van der Waals surface area contributed by atoms with Crippen LogP contribution in [0.3, 0.4) is 0 Å².